The van der Waals surface area contributed by atoms with E-state index >= 15 is 0 Å². The summed E-state index contributed by atoms with van der Waals surface area (Å²) in [6.07, 6.45) is 0. The number of para-hydroxylation sites is 1. The van der Waals surface area contributed by atoms with Crippen LogP contribution in [-0.2, 0) is 18.0 Å². The Bertz CT molecular complexity index is 624. The third-order valence-corrected chi connectivity index (χ3v) is 3.90. The Balaban J connectivity index is 1.98. The van der Waals surface area contributed by atoms with Crippen molar-refractivity contribution in [2.24, 2.45) is 0 Å². The van der Waals surface area contributed by atoms with E-state index in [1.807, 2.05) is 26.1 Å². The number of rotatable bonds is 5. The normalized spacial score (nSPS) is 14.8. The average molecular weight is 283 g/mol. The van der Waals surface area contributed by atoms with Gasteiger partial charge in [0.1, 0.15) is 5.75 Å². The maximum atomic E-state index is 5.77. The Morgan fingerprint density at radius 3 is 2.76 bits per heavy atom. The molecule has 0 aliphatic carbocycles. The van der Waals surface area contributed by atoms with Crippen molar-refractivity contribution < 1.29 is 9.47 Å². The molecule has 0 fully saturated rings. The average Bonchev–Trinajstić information content (AvgIpc) is 2.98. The standard InChI is InChI=1S/C18H21NO2/c1-3-21-17-7-5-4-6-16(17)18(19-2)13-8-9-14-11-20-12-15(14)10-13/h4-10,18-19H,3,11-12H2,1-2H3. The topological polar surface area (TPSA) is 30.5 Å². The SMILES string of the molecule is CCOc1ccccc1C(NC)c1ccc2c(c1)COC2. The highest BCUT2D eigenvalue weighted by Gasteiger charge is 2.19. The highest BCUT2D eigenvalue weighted by atomic mass is 16.5. The molecule has 0 bridgehead atoms. The summed E-state index contributed by atoms with van der Waals surface area (Å²) >= 11 is 0. The fourth-order valence-electron chi connectivity index (χ4n) is 2.88. The van der Waals surface area contributed by atoms with Gasteiger partial charge >= 0.3 is 0 Å². The molecule has 1 N–H and O–H groups in total. The van der Waals surface area contributed by atoms with E-state index in [0.717, 1.165) is 12.4 Å². The minimum Gasteiger partial charge on any atom is -0.494 e. The molecule has 3 rings (SSSR count). The van der Waals surface area contributed by atoms with Gasteiger partial charge in [-0.25, -0.2) is 0 Å². The van der Waals surface area contributed by atoms with Crippen LogP contribution in [0.15, 0.2) is 42.5 Å². The number of fused-ring (bicyclic) bond motifs is 1. The second-order valence-corrected chi connectivity index (χ2v) is 5.21. The van der Waals surface area contributed by atoms with Crippen molar-refractivity contribution in [2.45, 2.75) is 26.2 Å². The predicted molar refractivity (Wildman–Crippen MR) is 83.4 cm³/mol. The van der Waals surface area contributed by atoms with E-state index < -0.39 is 0 Å². The van der Waals surface area contributed by atoms with Gasteiger partial charge in [-0.3, -0.25) is 0 Å². The van der Waals surface area contributed by atoms with Crippen LogP contribution in [-0.4, -0.2) is 13.7 Å². The lowest BCUT2D eigenvalue weighted by molar-refractivity contribution is 0.134. The number of hydrogen-bond donors (Lipinski definition) is 1. The first-order valence-electron chi connectivity index (χ1n) is 7.42. The lowest BCUT2D eigenvalue weighted by atomic mass is 9.95. The van der Waals surface area contributed by atoms with Crippen molar-refractivity contribution in [1.82, 2.24) is 5.32 Å². The lowest BCUT2D eigenvalue weighted by Crippen LogP contribution is -2.19. The van der Waals surface area contributed by atoms with Crippen LogP contribution in [0.25, 0.3) is 0 Å². The summed E-state index contributed by atoms with van der Waals surface area (Å²) in [5.41, 5.74) is 5.00. The van der Waals surface area contributed by atoms with Crippen LogP contribution in [0.5, 0.6) is 5.75 Å². The van der Waals surface area contributed by atoms with E-state index in [1.165, 1.54) is 22.3 Å². The van der Waals surface area contributed by atoms with Crippen LogP contribution >= 0.6 is 0 Å². The molecule has 0 aromatic heterocycles. The van der Waals surface area contributed by atoms with E-state index in [1.54, 1.807) is 0 Å². The van der Waals surface area contributed by atoms with Crippen LogP contribution in [0.2, 0.25) is 0 Å². The summed E-state index contributed by atoms with van der Waals surface area (Å²) in [7, 11) is 1.98. The quantitative estimate of drug-likeness (QED) is 0.912. The molecule has 0 saturated carbocycles. The van der Waals surface area contributed by atoms with E-state index in [0.29, 0.717) is 13.2 Å². The Kier molecular flexibility index (Phi) is 4.23. The molecule has 3 nitrogen and oxygen atoms in total. The van der Waals surface area contributed by atoms with Crippen molar-refractivity contribution in [3.8, 4) is 5.75 Å². The van der Waals surface area contributed by atoms with Crippen LogP contribution in [0, 0.1) is 0 Å². The van der Waals surface area contributed by atoms with Gasteiger partial charge < -0.3 is 14.8 Å². The fourth-order valence-corrected chi connectivity index (χ4v) is 2.88. The van der Waals surface area contributed by atoms with Crippen LogP contribution in [0.3, 0.4) is 0 Å². The largest absolute Gasteiger partial charge is 0.494 e. The molecular weight excluding hydrogens is 262 g/mol. The zero-order valence-electron chi connectivity index (χ0n) is 12.6. The molecular formula is C18H21NO2. The molecule has 0 spiro atoms. The van der Waals surface area contributed by atoms with E-state index in [9.17, 15) is 0 Å². The van der Waals surface area contributed by atoms with Gasteiger partial charge in [-0.1, -0.05) is 36.4 Å². The van der Waals surface area contributed by atoms with E-state index in [-0.39, 0.29) is 6.04 Å². The fraction of sp³-hybridized carbons (Fsp3) is 0.333. The molecule has 0 amide bonds. The molecule has 1 atom stereocenters. The molecule has 3 heteroatoms. The Labute approximate surface area is 125 Å². The minimum atomic E-state index is 0.124. The second kappa shape index (κ2) is 6.29. The maximum Gasteiger partial charge on any atom is 0.124 e. The van der Waals surface area contributed by atoms with Gasteiger partial charge in [0.15, 0.2) is 0 Å². The summed E-state index contributed by atoms with van der Waals surface area (Å²) in [5, 5.41) is 3.40. The van der Waals surface area contributed by atoms with Crippen molar-refractivity contribution in [2.75, 3.05) is 13.7 Å². The first-order valence-corrected chi connectivity index (χ1v) is 7.42. The van der Waals surface area contributed by atoms with Crippen LogP contribution in [0.4, 0.5) is 0 Å². The van der Waals surface area contributed by atoms with Gasteiger partial charge in [0.25, 0.3) is 0 Å². The Morgan fingerprint density at radius 1 is 1.14 bits per heavy atom. The number of benzene rings is 2. The van der Waals surface area contributed by atoms with Crippen molar-refractivity contribution in [3.63, 3.8) is 0 Å². The molecule has 2 aromatic carbocycles. The maximum absolute atomic E-state index is 5.77. The molecule has 1 unspecified atom stereocenters. The number of nitrogens with one attached hydrogen (secondary N) is 1. The van der Waals surface area contributed by atoms with Crippen molar-refractivity contribution in [3.05, 3.63) is 64.7 Å². The van der Waals surface area contributed by atoms with Gasteiger partial charge in [0.05, 0.1) is 25.9 Å². The summed E-state index contributed by atoms with van der Waals surface area (Å²) in [6.45, 7) is 4.13. The van der Waals surface area contributed by atoms with Crippen molar-refractivity contribution in [1.29, 1.82) is 0 Å². The number of ether oxygens (including phenoxy) is 2. The first kappa shape index (κ1) is 14.1. The lowest BCUT2D eigenvalue weighted by Gasteiger charge is -2.21. The van der Waals surface area contributed by atoms with Crippen LogP contribution < -0.4 is 10.1 Å². The molecule has 110 valence electrons. The highest BCUT2D eigenvalue weighted by Crippen LogP contribution is 2.32. The van der Waals surface area contributed by atoms with Gasteiger partial charge in [-0.05, 0) is 36.7 Å². The molecule has 21 heavy (non-hydrogen) atoms. The zero-order chi connectivity index (χ0) is 14.7. The molecule has 1 aliphatic heterocycles. The van der Waals surface area contributed by atoms with Crippen molar-refractivity contribution >= 4 is 0 Å². The summed E-state index contributed by atoms with van der Waals surface area (Å²) in [4.78, 5) is 0. The van der Waals surface area contributed by atoms with E-state index in [4.69, 9.17) is 9.47 Å². The highest BCUT2D eigenvalue weighted by molar-refractivity contribution is 5.44. The monoisotopic (exact) mass is 283 g/mol. The first-order chi connectivity index (χ1) is 10.3. The van der Waals surface area contributed by atoms with E-state index in [2.05, 4.69) is 35.6 Å². The van der Waals surface area contributed by atoms with Gasteiger partial charge in [-0.15, -0.1) is 0 Å². The van der Waals surface area contributed by atoms with Crippen LogP contribution in [0.1, 0.15) is 35.2 Å². The summed E-state index contributed by atoms with van der Waals surface area (Å²) in [6, 6.07) is 14.9. The third-order valence-electron chi connectivity index (χ3n) is 3.90. The summed E-state index contributed by atoms with van der Waals surface area (Å²) < 4.78 is 11.3. The Hall–Kier alpha value is -1.84. The van der Waals surface area contributed by atoms with Gasteiger partial charge in [-0.2, -0.15) is 0 Å². The Morgan fingerprint density at radius 2 is 1.95 bits per heavy atom. The van der Waals surface area contributed by atoms with Gasteiger partial charge in [0.2, 0.25) is 0 Å². The molecule has 2 aromatic rings. The summed E-state index contributed by atoms with van der Waals surface area (Å²) in [5.74, 6) is 0.941. The molecule has 1 aliphatic rings. The minimum absolute atomic E-state index is 0.124. The molecule has 0 saturated heterocycles. The number of hydrogen-bond acceptors (Lipinski definition) is 3. The molecule has 0 radical (unpaired) electrons. The molecule has 1 heterocycles. The van der Waals surface area contributed by atoms with Gasteiger partial charge in [0, 0.05) is 5.56 Å². The predicted octanol–water partition coefficient (Wildman–Crippen LogP) is 3.42. The smallest absolute Gasteiger partial charge is 0.124 e. The zero-order valence-corrected chi connectivity index (χ0v) is 12.6. The third kappa shape index (κ3) is 2.80. The second-order valence-electron chi connectivity index (χ2n) is 5.21.